The van der Waals surface area contributed by atoms with Crippen LogP contribution in [-0.4, -0.2) is 14.9 Å². The molecule has 5 nitrogen and oxygen atoms in total. The number of benzene rings is 1. The molecule has 3 aromatic rings. The Bertz CT molecular complexity index is 711. The summed E-state index contributed by atoms with van der Waals surface area (Å²) in [7, 11) is 1.93. The van der Waals surface area contributed by atoms with Crippen LogP contribution in [0.3, 0.4) is 0 Å². The van der Waals surface area contributed by atoms with Crippen LogP contribution in [0.15, 0.2) is 34.1 Å². The zero-order valence-electron chi connectivity index (χ0n) is 10.4. The minimum atomic E-state index is 0. The molecule has 0 fully saturated rings. The van der Waals surface area contributed by atoms with Gasteiger partial charge >= 0.3 is 0 Å². The zero-order chi connectivity index (χ0) is 14.0. The number of fused-ring (bicyclic) bond motifs is 1. The maximum absolute atomic E-state index is 9.31. The topological polar surface area (TPSA) is 77.4 Å². The summed E-state index contributed by atoms with van der Waals surface area (Å²) >= 11 is 5.16. The number of phenolic OH excluding ortho intramolecular Hbond substituents is 1. The summed E-state index contributed by atoms with van der Waals surface area (Å²) in [5.41, 5.74) is 8.87. The van der Waals surface area contributed by atoms with Crippen molar-refractivity contribution in [3.63, 3.8) is 0 Å². The van der Waals surface area contributed by atoms with Crippen LogP contribution in [0.2, 0.25) is 0 Å². The van der Waals surface area contributed by atoms with Crippen molar-refractivity contribution in [2.75, 3.05) is 0 Å². The third-order valence-corrected chi connectivity index (χ3v) is 4.53. The smallest absolute Gasteiger partial charge is 0.118 e. The summed E-state index contributed by atoms with van der Waals surface area (Å²) in [5.74, 6) is 0.277. The monoisotopic (exact) mass is 427 g/mol. The van der Waals surface area contributed by atoms with E-state index >= 15 is 0 Å². The Kier molecular flexibility index (Phi) is 6.45. The van der Waals surface area contributed by atoms with Gasteiger partial charge < -0.3 is 15.6 Å². The third kappa shape index (κ3) is 3.16. The van der Waals surface area contributed by atoms with E-state index in [2.05, 4.69) is 21.0 Å². The van der Waals surface area contributed by atoms with E-state index < -0.39 is 0 Å². The molecule has 0 saturated carbocycles. The van der Waals surface area contributed by atoms with E-state index in [1.807, 2.05) is 29.2 Å². The number of aromatic hydroxyl groups is 1. The number of rotatable bonds is 1. The normalized spacial score (nSPS) is 9.70. The first-order valence-corrected chi connectivity index (χ1v) is 6.91. The molecule has 0 amide bonds. The Balaban J connectivity index is 0.000000639. The largest absolute Gasteiger partial charge is 0.577 e. The number of phenols is 1. The van der Waals surface area contributed by atoms with Crippen LogP contribution in [0.25, 0.3) is 27.1 Å². The molecule has 3 rings (SSSR count). The van der Waals surface area contributed by atoms with Crippen LogP contribution in [0, 0.1) is 4.91 Å². The van der Waals surface area contributed by atoms with Crippen molar-refractivity contribution in [3.05, 3.63) is 44.6 Å². The van der Waals surface area contributed by atoms with Gasteiger partial charge in [0.15, 0.2) is 0 Å². The minimum absolute atomic E-state index is 0. The first-order chi connectivity index (χ1) is 9.16. The van der Waals surface area contributed by atoms with Crippen molar-refractivity contribution < 1.29 is 37.8 Å². The Morgan fingerprint density at radius 1 is 1.30 bits per heavy atom. The summed E-state index contributed by atoms with van der Waals surface area (Å²) in [6, 6.07) is 7.19. The van der Waals surface area contributed by atoms with E-state index in [4.69, 9.17) is 10.5 Å². The molecule has 1 aromatic carbocycles. The number of thiophene rings is 1. The fourth-order valence-electron chi connectivity index (χ4n) is 1.88. The minimum Gasteiger partial charge on any atom is -0.577 e. The Labute approximate surface area is 152 Å². The number of nitroso groups, excluding NO2 is 1. The second-order valence-corrected chi connectivity index (χ2v) is 5.51. The van der Waals surface area contributed by atoms with Crippen LogP contribution in [0.4, 0.5) is 0 Å². The van der Waals surface area contributed by atoms with Gasteiger partial charge in [-0.15, -0.1) is 11.3 Å². The molecule has 0 bridgehead atoms. The molecule has 1 N–H and O–H groups in total. The van der Waals surface area contributed by atoms with E-state index in [-0.39, 0.29) is 38.5 Å². The molecule has 0 aliphatic heterocycles. The third-order valence-electron chi connectivity index (χ3n) is 2.65. The molecule has 0 aliphatic rings. The summed E-state index contributed by atoms with van der Waals surface area (Å²) in [4.78, 5) is 7.25. The second kappa shape index (κ2) is 7.40. The van der Waals surface area contributed by atoms with Gasteiger partial charge in [0.25, 0.3) is 0 Å². The molecular formula is C12H9BrN3O2SY-. The maximum atomic E-state index is 9.31. The van der Waals surface area contributed by atoms with E-state index in [1.165, 1.54) is 0 Å². The fourth-order valence-corrected chi connectivity index (χ4v) is 3.52. The molecule has 0 unspecified atom stereocenters. The number of hydrogen-bond acceptors (Lipinski definition) is 4. The average Bonchev–Trinajstić information content (AvgIpc) is 2.93. The van der Waals surface area contributed by atoms with Crippen molar-refractivity contribution in [1.82, 2.24) is 9.78 Å². The molecule has 0 aliphatic carbocycles. The van der Waals surface area contributed by atoms with Gasteiger partial charge in [-0.3, -0.25) is 4.68 Å². The van der Waals surface area contributed by atoms with E-state index in [9.17, 15) is 5.11 Å². The van der Waals surface area contributed by atoms with Crippen molar-refractivity contribution in [1.29, 1.82) is 0 Å². The first kappa shape index (κ1) is 17.4. The van der Waals surface area contributed by atoms with Crippen LogP contribution in [0.1, 0.15) is 0 Å². The van der Waals surface area contributed by atoms with Crippen LogP contribution < -0.4 is 0 Å². The molecule has 0 spiro atoms. The molecule has 1 radical (unpaired) electrons. The summed E-state index contributed by atoms with van der Waals surface area (Å²) in [6.45, 7) is 0. The Morgan fingerprint density at radius 2 is 1.90 bits per heavy atom. The van der Waals surface area contributed by atoms with Gasteiger partial charge in [0.1, 0.15) is 11.3 Å². The van der Waals surface area contributed by atoms with Crippen molar-refractivity contribution in [2.45, 2.75) is 0 Å². The molecule has 2 aromatic heterocycles. The molecule has 8 heteroatoms. The number of halogens is 1. The molecular weight excluding hydrogens is 419 g/mol. The summed E-state index contributed by atoms with van der Waals surface area (Å²) in [6.07, 6.45) is 0. The van der Waals surface area contributed by atoms with Gasteiger partial charge in [-0.05, 0) is 40.2 Å². The molecule has 20 heavy (non-hydrogen) atoms. The van der Waals surface area contributed by atoms with Gasteiger partial charge in [0.2, 0.25) is 0 Å². The first-order valence-electron chi connectivity index (χ1n) is 5.24. The van der Waals surface area contributed by atoms with Crippen molar-refractivity contribution in [2.24, 2.45) is 7.05 Å². The second-order valence-electron chi connectivity index (χ2n) is 3.78. The number of nitrogens with zero attached hydrogens (tertiary/aromatic N) is 3. The predicted octanol–water partition coefficient (Wildman–Crippen LogP) is 4.09. The van der Waals surface area contributed by atoms with Gasteiger partial charge in [0.05, 0.1) is 14.9 Å². The fraction of sp³-hybridized carbons (Fsp3) is 0.0833. The molecule has 2 heterocycles. The van der Waals surface area contributed by atoms with Crippen molar-refractivity contribution >= 4 is 37.5 Å². The van der Waals surface area contributed by atoms with Gasteiger partial charge in [-0.2, -0.15) is 5.10 Å². The van der Waals surface area contributed by atoms with E-state index in [0.29, 0.717) is 0 Å². The molecule has 101 valence electrons. The quantitative estimate of drug-likeness (QED) is 0.635. The van der Waals surface area contributed by atoms with Crippen LogP contribution >= 0.6 is 27.3 Å². The zero-order valence-corrected chi connectivity index (χ0v) is 15.7. The number of aromatic nitrogens is 2. The average molecular weight is 428 g/mol. The molecule has 0 saturated heterocycles. The summed E-state index contributed by atoms with van der Waals surface area (Å²) in [5, 5.41) is 15.8. The predicted molar refractivity (Wildman–Crippen MR) is 80.1 cm³/mol. The van der Waals surface area contributed by atoms with E-state index in [0.717, 1.165) is 25.9 Å². The number of hydrogen-bond donors (Lipinski definition) is 1. The van der Waals surface area contributed by atoms with Crippen LogP contribution in [0.5, 0.6) is 5.75 Å². The SMILES string of the molecule is Cn1nc2c(Br)csc2c1-c1ccc(O)cc1.[N-]=O.[Y]. The standard InChI is InChI=1S/C12H9BrN2OS.NO.Y/c1-15-11(7-2-4-8(16)5-3-7)12-10(14-15)9(13)6-17-12;1-2;/h2-6,16H,1H3;;/q;-1;. The summed E-state index contributed by atoms with van der Waals surface area (Å²) < 4.78 is 4.06. The van der Waals surface area contributed by atoms with Gasteiger partial charge in [0, 0.05) is 50.7 Å². The van der Waals surface area contributed by atoms with Crippen molar-refractivity contribution in [3.8, 4) is 17.0 Å². The Hall–Kier alpha value is -0.626. The number of aryl methyl sites for hydroxylation is 1. The van der Waals surface area contributed by atoms with E-state index in [1.54, 1.807) is 23.5 Å². The Morgan fingerprint density at radius 3 is 2.50 bits per heavy atom. The van der Waals surface area contributed by atoms with Gasteiger partial charge in [-0.1, -0.05) is 0 Å². The van der Waals surface area contributed by atoms with Crippen LogP contribution in [-0.2, 0) is 39.8 Å². The maximum Gasteiger partial charge on any atom is 0.118 e. The molecule has 0 atom stereocenters. The van der Waals surface area contributed by atoms with Gasteiger partial charge in [-0.25, -0.2) is 0 Å².